The van der Waals surface area contributed by atoms with Crippen LogP contribution in [0, 0.1) is 0 Å². The van der Waals surface area contributed by atoms with Gasteiger partial charge in [0, 0.05) is 84.5 Å². The Morgan fingerprint density at radius 2 is 0.483 bits per heavy atom. The second-order valence-electron chi connectivity index (χ2n) is 13.5. The van der Waals surface area contributed by atoms with Gasteiger partial charge in [-0.15, -0.1) is 0 Å². The first kappa shape index (κ1) is 43.0. The van der Waals surface area contributed by atoms with Crippen molar-refractivity contribution in [2.75, 3.05) is 0 Å². The van der Waals surface area contributed by atoms with Gasteiger partial charge in [-0.2, -0.15) is 0 Å². The van der Waals surface area contributed by atoms with Crippen molar-refractivity contribution in [3.8, 4) is 44.5 Å². The number of hydrogen-bond acceptors (Lipinski definition) is 2. The van der Waals surface area contributed by atoms with Gasteiger partial charge in [-0.1, -0.05) is 157 Å². The average molecular weight is 1210 g/mol. The fourth-order valence-electron chi connectivity index (χ4n) is 7.38. The molecule has 0 amide bonds. The highest BCUT2D eigenvalue weighted by molar-refractivity contribution is 9.11. The number of H-pyrrole nitrogens is 2. The minimum absolute atomic E-state index is 0.399. The highest BCUT2D eigenvalue weighted by Crippen LogP contribution is 2.48. The van der Waals surface area contributed by atoms with Gasteiger partial charge >= 0.3 is 0 Å². The van der Waals surface area contributed by atoms with Crippen molar-refractivity contribution >= 4 is 203 Å². The fraction of sp³-hybridized carbons (Fsp3) is 0. The molecule has 9 rings (SSSR count). The molecule has 298 valence electrons. The number of halogens is 12. The number of rotatable bonds is 4. The Bertz CT molecular complexity index is 2750. The lowest BCUT2D eigenvalue weighted by atomic mass is 10.0. The highest BCUT2D eigenvalue weighted by atomic mass is 79.9. The number of aromatic amines is 2. The monoisotopic (exact) mass is 1200 g/mol. The van der Waals surface area contributed by atoms with Crippen molar-refractivity contribution in [1.29, 1.82) is 0 Å². The summed E-state index contributed by atoms with van der Waals surface area (Å²) in [6.45, 7) is 0. The smallest absolute Gasteiger partial charge is 0.0738 e. The van der Waals surface area contributed by atoms with E-state index in [0.29, 0.717) is 147 Å². The van der Waals surface area contributed by atoms with E-state index in [1.165, 1.54) is 0 Å². The summed E-state index contributed by atoms with van der Waals surface area (Å²) in [6, 6.07) is 22.0. The van der Waals surface area contributed by atoms with Crippen molar-refractivity contribution in [3.05, 3.63) is 154 Å². The molecule has 4 aromatic carbocycles. The lowest BCUT2D eigenvalue weighted by Gasteiger charge is -2.12. The standard InChI is InChI=1S/C44H18Br4Cl8N4/c45-17-9-21(49)37(22(50)10-17)41-29-1-2-30(57-29)42(38-23(51)11-18(46)12-24(38)52)32-5-6-34(59-32)44(40-27(55)15-20(48)16-28(40)56)36-8-7-35(60-36)43(33-4-3-31(41)58-33)39-25(53)13-19(47)14-26(39)54/h1-16,57,60H. The minimum Gasteiger partial charge on any atom is -0.354 e. The maximum Gasteiger partial charge on any atom is 0.0738 e. The highest BCUT2D eigenvalue weighted by Gasteiger charge is 2.25. The molecule has 16 heteroatoms. The van der Waals surface area contributed by atoms with E-state index in [2.05, 4.69) is 73.7 Å². The second kappa shape index (κ2) is 17.0. The molecule has 0 saturated carbocycles. The summed E-state index contributed by atoms with van der Waals surface area (Å²) in [5.74, 6) is 0. The van der Waals surface area contributed by atoms with Crippen molar-refractivity contribution in [2.45, 2.75) is 0 Å². The second-order valence-corrected chi connectivity index (χ2v) is 20.4. The van der Waals surface area contributed by atoms with E-state index < -0.39 is 0 Å². The zero-order valence-electron chi connectivity index (χ0n) is 29.7. The Morgan fingerprint density at radius 1 is 0.300 bits per heavy atom. The van der Waals surface area contributed by atoms with Crippen LogP contribution in [0.2, 0.25) is 40.2 Å². The van der Waals surface area contributed by atoms with E-state index in [9.17, 15) is 0 Å². The summed E-state index contributed by atoms with van der Waals surface area (Å²) in [5, 5.41) is 3.19. The van der Waals surface area contributed by atoms with Gasteiger partial charge < -0.3 is 9.97 Å². The molecule has 7 aromatic rings. The molecule has 2 aliphatic rings. The Morgan fingerprint density at radius 3 is 0.667 bits per heavy atom. The molecule has 3 aromatic heterocycles. The first-order valence-corrected chi connectivity index (χ1v) is 23.6. The molecule has 0 fully saturated rings. The van der Waals surface area contributed by atoms with Gasteiger partial charge in [0.15, 0.2) is 0 Å². The first-order valence-electron chi connectivity index (χ1n) is 17.4. The summed E-state index contributed by atoms with van der Waals surface area (Å²) in [7, 11) is 0. The van der Waals surface area contributed by atoms with Crippen LogP contribution >= 0.6 is 157 Å². The Hall–Kier alpha value is -2.28. The topological polar surface area (TPSA) is 57.4 Å². The zero-order chi connectivity index (χ0) is 42.3. The summed E-state index contributed by atoms with van der Waals surface area (Å²) in [4.78, 5) is 17.8. The summed E-state index contributed by atoms with van der Waals surface area (Å²) in [5.41, 5.74) is 9.53. The Labute approximate surface area is 416 Å². The van der Waals surface area contributed by atoms with Crippen molar-refractivity contribution in [2.24, 2.45) is 0 Å². The van der Waals surface area contributed by atoms with Crippen LogP contribution in [-0.4, -0.2) is 19.9 Å². The summed E-state index contributed by atoms with van der Waals surface area (Å²) in [6.07, 6.45) is 7.61. The molecule has 8 bridgehead atoms. The third kappa shape index (κ3) is 7.86. The van der Waals surface area contributed by atoms with Gasteiger partial charge in [-0.3, -0.25) is 0 Å². The predicted molar refractivity (Wildman–Crippen MR) is 271 cm³/mol. The van der Waals surface area contributed by atoms with Gasteiger partial charge in [0.1, 0.15) is 0 Å². The molecule has 5 heterocycles. The molecule has 0 unspecified atom stereocenters. The van der Waals surface area contributed by atoms with Crippen LogP contribution in [0.5, 0.6) is 0 Å². The number of nitrogens with zero attached hydrogens (tertiary/aromatic N) is 2. The van der Waals surface area contributed by atoms with E-state index in [1.807, 2.05) is 48.6 Å². The lowest BCUT2D eigenvalue weighted by molar-refractivity contribution is 1.31. The van der Waals surface area contributed by atoms with Crippen molar-refractivity contribution < 1.29 is 0 Å². The van der Waals surface area contributed by atoms with Crippen LogP contribution in [0.3, 0.4) is 0 Å². The molecule has 0 atom stereocenters. The van der Waals surface area contributed by atoms with Crippen LogP contribution in [0.25, 0.3) is 90.9 Å². The number of benzene rings is 4. The quantitative estimate of drug-likeness (QED) is 0.184. The van der Waals surface area contributed by atoms with E-state index in [1.54, 1.807) is 48.5 Å². The Kier molecular flexibility index (Phi) is 12.2. The first-order chi connectivity index (χ1) is 28.7. The van der Waals surface area contributed by atoms with Crippen molar-refractivity contribution in [3.63, 3.8) is 0 Å². The van der Waals surface area contributed by atoms with Crippen LogP contribution < -0.4 is 0 Å². The molecule has 4 nitrogen and oxygen atoms in total. The van der Waals surface area contributed by atoms with Crippen LogP contribution in [0.1, 0.15) is 22.8 Å². The van der Waals surface area contributed by atoms with E-state index in [4.69, 9.17) is 103 Å². The maximum absolute atomic E-state index is 7.05. The van der Waals surface area contributed by atoms with Gasteiger partial charge in [0.25, 0.3) is 0 Å². The maximum atomic E-state index is 7.05. The van der Waals surface area contributed by atoms with E-state index >= 15 is 0 Å². The van der Waals surface area contributed by atoms with Gasteiger partial charge in [-0.05, 0) is 97.1 Å². The van der Waals surface area contributed by atoms with Crippen LogP contribution in [0.15, 0.2) is 90.7 Å². The molecular weight excluding hydrogens is 1190 g/mol. The summed E-state index contributed by atoms with van der Waals surface area (Å²) < 4.78 is 2.86. The fourth-order valence-corrected chi connectivity index (χ4v) is 13.0. The molecular formula is C44H18Br4Cl8N4. The van der Waals surface area contributed by atoms with Crippen LogP contribution in [0.4, 0.5) is 0 Å². The number of hydrogen-bond donors (Lipinski definition) is 2. The molecule has 2 aliphatic heterocycles. The minimum atomic E-state index is 0.399. The summed E-state index contributed by atoms with van der Waals surface area (Å²) >= 11 is 70.5. The van der Waals surface area contributed by atoms with E-state index in [-0.39, 0.29) is 0 Å². The van der Waals surface area contributed by atoms with Gasteiger partial charge in [-0.25, -0.2) is 9.97 Å². The Balaban J connectivity index is 1.54. The molecule has 60 heavy (non-hydrogen) atoms. The number of nitrogens with one attached hydrogen (secondary N) is 2. The molecule has 2 N–H and O–H groups in total. The zero-order valence-corrected chi connectivity index (χ0v) is 42.1. The molecule has 0 radical (unpaired) electrons. The third-order valence-electron chi connectivity index (χ3n) is 9.78. The van der Waals surface area contributed by atoms with E-state index in [0.717, 1.165) is 0 Å². The number of aromatic nitrogens is 4. The van der Waals surface area contributed by atoms with Crippen molar-refractivity contribution in [1.82, 2.24) is 19.9 Å². The van der Waals surface area contributed by atoms with Gasteiger partial charge in [0.2, 0.25) is 0 Å². The molecule has 0 aliphatic carbocycles. The lowest BCUT2D eigenvalue weighted by Crippen LogP contribution is -1.92. The predicted octanol–water partition coefficient (Wildman–Crippen LogP) is 19.6. The SMILES string of the molecule is Clc1cc(Br)cc(Cl)c1-c1c2nc(c(-c3c(Cl)cc(Br)cc3Cl)c3ccc([nH]3)c(-c3c(Cl)cc(Br)cc3Cl)c3nc(c(-c4c(Cl)cc(Br)cc4Cl)c4ccc1[nH]4)C=C3)C=C2. The normalized spacial score (nSPS) is 12.2. The third-order valence-corrected chi connectivity index (χ3v) is 14.0. The molecule has 0 spiro atoms. The number of fused-ring (bicyclic) bond motifs is 8. The van der Waals surface area contributed by atoms with Gasteiger partial charge in [0.05, 0.1) is 63.0 Å². The molecule has 0 saturated heterocycles. The largest absolute Gasteiger partial charge is 0.354 e. The van der Waals surface area contributed by atoms with Crippen LogP contribution in [-0.2, 0) is 0 Å². The average Bonchev–Trinajstić information content (AvgIpc) is 3.99.